The number of aryl methyl sites for hydroxylation is 1. The third kappa shape index (κ3) is 1.71. The number of rotatable bonds is 2. The zero-order chi connectivity index (χ0) is 12.8. The van der Waals surface area contributed by atoms with Crippen molar-refractivity contribution in [3.8, 4) is 0 Å². The van der Waals surface area contributed by atoms with Gasteiger partial charge >= 0.3 is 0 Å². The summed E-state index contributed by atoms with van der Waals surface area (Å²) in [6.07, 6.45) is 5.66. The number of nitrogens with zero attached hydrogens (tertiary/aromatic N) is 5. The lowest BCUT2D eigenvalue weighted by molar-refractivity contribution is 0.366. The zero-order valence-electron chi connectivity index (χ0n) is 10.5. The minimum atomic E-state index is 0.457. The highest BCUT2D eigenvalue weighted by Gasteiger charge is 2.31. The van der Waals surface area contributed by atoms with E-state index in [1.165, 1.54) is 10.3 Å². The smallest absolute Gasteiger partial charge is 0.150 e. The molecule has 0 bridgehead atoms. The molecular formula is C13H13N5S. The normalized spacial score (nSPS) is 15.9. The van der Waals surface area contributed by atoms with Crippen LogP contribution in [-0.4, -0.2) is 32.8 Å². The summed E-state index contributed by atoms with van der Waals surface area (Å²) in [5.74, 6) is 1.06. The van der Waals surface area contributed by atoms with Gasteiger partial charge in [-0.1, -0.05) is 0 Å². The first-order valence-electron chi connectivity index (χ1n) is 6.25. The number of anilines is 1. The molecule has 1 aliphatic heterocycles. The van der Waals surface area contributed by atoms with Gasteiger partial charge in [-0.05, 0) is 23.9 Å². The predicted octanol–water partition coefficient (Wildman–Crippen LogP) is 2.26. The molecule has 1 aliphatic rings. The molecule has 1 fully saturated rings. The number of hydrogen-bond acceptors (Lipinski definition) is 5. The monoisotopic (exact) mass is 271 g/mol. The molecule has 3 aromatic rings. The average Bonchev–Trinajstić information content (AvgIpc) is 2.96. The summed E-state index contributed by atoms with van der Waals surface area (Å²) in [7, 11) is 0. The highest BCUT2D eigenvalue weighted by Crippen LogP contribution is 2.33. The summed E-state index contributed by atoms with van der Waals surface area (Å²) < 4.78 is 3.23. The van der Waals surface area contributed by atoms with Gasteiger partial charge in [0.15, 0.2) is 0 Å². The van der Waals surface area contributed by atoms with Gasteiger partial charge in [-0.3, -0.25) is 4.68 Å². The summed E-state index contributed by atoms with van der Waals surface area (Å²) in [4.78, 5) is 11.0. The Morgan fingerprint density at radius 3 is 3.00 bits per heavy atom. The second-order valence-electron chi connectivity index (χ2n) is 4.89. The Hall–Kier alpha value is -1.95. The molecule has 5 nitrogen and oxygen atoms in total. The fourth-order valence-electron chi connectivity index (χ4n) is 2.43. The fourth-order valence-corrected chi connectivity index (χ4v) is 3.29. The van der Waals surface area contributed by atoms with E-state index in [1.807, 2.05) is 12.3 Å². The third-order valence-electron chi connectivity index (χ3n) is 3.49. The van der Waals surface area contributed by atoms with E-state index in [0.29, 0.717) is 6.04 Å². The van der Waals surface area contributed by atoms with Crippen LogP contribution in [0.25, 0.3) is 10.2 Å². The Labute approximate surface area is 114 Å². The lowest BCUT2D eigenvalue weighted by Crippen LogP contribution is -2.48. The molecular weight excluding hydrogens is 258 g/mol. The molecule has 0 radical (unpaired) electrons. The van der Waals surface area contributed by atoms with E-state index in [-0.39, 0.29) is 0 Å². The largest absolute Gasteiger partial charge is 0.351 e. The quantitative estimate of drug-likeness (QED) is 0.717. The maximum Gasteiger partial charge on any atom is 0.150 e. The molecule has 0 N–H and O–H groups in total. The van der Waals surface area contributed by atoms with Gasteiger partial charge in [0.2, 0.25) is 0 Å². The van der Waals surface area contributed by atoms with Gasteiger partial charge in [0.05, 0.1) is 22.5 Å². The number of hydrogen-bond donors (Lipinski definition) is 0. The van der Waals surface area contributed by atoms with E-state index in [1.54, 1.807) is 17.7 Å². The average molecular weight is 271 g/mol. The minimum Gasteiger partial charge on any atom is -0.351 e. The number of thiophene rings is 1. The van der Waals surface area contributed by atoms with E-state index < -0.39 is 0 Å². The van der Waals surface area contributed by atoms with Crippen LogP contribution < -0.4 is 4.90 Å². The third-order valence-corrected chi connectivity index (χ3v) is 4.39. The van der Waals surface area contributed by atoms with Gasteiger partial charge in [-0.15, -0.1) is 11.3 Å². The van der Waals surface area contributed by atoms with Gasteiger partial charge in [-0.25, -0.2) is 9.97 Å². The van der Waals surface area contributed by atoms with Crippen molar-refractivity contribution < 1.29 is 0 Å². The molecule has 0 aliphatic carbocycles. The van der Waals surface area contributed by atoms with Crippen molar-refractivity contribution in [2.75, 3.05) is 18.0 Å². The Kier molecular flexibility index (Phi) is 2.32. The van der Waals surface area contributed by atoms with Gasteiger partial charge < -0.3 is 4.90 Å². The summed E-state index contributed by atoms with van der Waals surface area (Å²) in [5.41, 5.74) is 2.24. The van der Waals surface area contributed by atoms with Crippen molar-refractivity contribution in [2.24, 2.45) is 0 Å². The fraction of sp³-hybridized carbons (Fsp3) is 0.308. The van der Waals surface area contributed by atoms with E-state index in [0.717, 1.165) is 24.4 Å². The maximum atomic E-state index is 4.43. The second kappa shape index (κ2) is 4.03. The molecule has 0 amide bonds. The molecule has 0 unspecified atom stereocenters. The molecule has 3 aromatic heterocycles. The lowest BCUT2D eigenvalue weighted by Gasteiger charge is -2.40. The van der Waals surface area contributed by atoms with E-state index >= 15 is 0 Å². The SMILES string of the molecule is Cc1cnn(C2CN(c3ncnc4ccsc34)C2)c1. The molecule has 6 heteroatoms. The minimum absolute atomic E-state index is 0.457. The van der Waals surface area contributed by atoms with Gasteiger partial charge in [-0.2, -0.15) is 5.10 Å². The Bertz CT molecular complexity index is 725. The van der Waals surface area contributed by atoms with Crippen LogP contribution in [0.5, 0.6) is 0 Å². The molecule has 96 valence electrons. The second-order valence-corrected chi connectivity index (χ2v) is 5.80. The summed E-state index contributed by atoms with van der Waals surface area (Å²) in [6, 6.07) is 2.50. The van der Waals surface area contributed by atoms with Crippen LogP contribution in [0.4, 0.5) is 5.82 Å². The van der Waals surface area contributed by atoms with Crippen LogP contribution in [0.3, 0.4) is 0 Å². The zero-order valence-corrected chi connectivity index (χ0v) is 11.3. The van der Waals surface area contributed by atoms with Crippen molar-refractivity contribution in [3.05, 3.63) is 35.7 Å². The van der Waals surface area contributed by atoms with E-state index in [2.05, 4.69) is 43.1 Å². The molecule has 0 spiro atoms. The molecule has 4 heterocycles. The Balaban J connectivity index is 1.58. The van der Waals surface area contributed by atoms with Gasteiger partial charge in [0, 0.05) is 19.3 Å². The van der Waals surface area contributed by atoms with Crippen molar-refractivity contribution >= 4 is 27.4 Å². The first-order chi connectivity index (χ1) is 9.31. The highest BCUT2D eigenvalue weighted by molar-refractivity contribution is 7.17. The van der Waals surface area contributed by atoms with Gasteiger partial charge in [0.1, 0.15) is 12.1 Å². The van der Waals surface area contributed by atoms with Crippen molar-refractivity contribution in [1.29, 1.82) is 0 Å². The lowest BCUT2D eigenvalue weighted by atomic mass is 10.1. The highest BCUT2D eigenvalue weighted by atomic mass is 32.1. The van der Waals surface area contributed by atoms with Crippen LogP contribution in [0.15, 0.2) is 30.2 Å². The summed E-state index contributed by atoms with van der Waals surface area (Å²) >= 11 is 1.70. The van der Waals surface area contributed by atoms with Gasteiger partial charge in [0.25, 0.3) is 0 Å². The molecule has 19 heavy (non-hydrogen) atoms. The molecule has 4 rings (SSSR count). The van der Waals surface area contributed by atoms with Crippen LogP contribution in [0, 0.1) is 6.92 Å². The van der Waals surface area contributed by atoms with Crippen molar-refractivity contribution in [2.45, 2.75) is 13.0 Å². The summed E-state index contributed by atoms with van der Waals surface area (Å²) in [5, 5.41) is 6.44. The molecule has 0 aromatic carbocycles. The van der Waals surface area contributed by atoms with Crippen molar-refractivity contribution in [3.63, 3.8) is 0 Å². The van der Waals surface area contributed by atoms with Crippen LogP contribution >= 0.6 is 11.3 Å². The molecule has 0 saturated carbocycles. The maximum absolute atomic E-state index is 4.43. The van der Waals surface area contributed by atoms with Crippen LogP contribution in [0.1, 0.15) is 11.6 Å². The first kappa shape index (κ1) is 10.9. The topological polar surface area (TPSA) is 46.8 Å². The van der Waals surface area contributed by atoms with Crippen LogP contribution in [-0.2, 0) is 0 Å². The van der Waals surface area contributed by atoms with Crippen LogP contribution in [0.2, 0.25) is 0 Å². The molecule has 0 atom stereocenters. The number of fused-ring (bicyclic) bond motifs is 1. The Morgan fingerprint density at radius 2 is 2.21 bits per heavy atom. The van der Waals surface area contributed by atoms with E-state index in [9.17, 15) is 0 Å². The number of aromatic nitrogens is 4. The summed E-state index contributed by atoms with van der Waals surface area (Å²) in [6.45, 7) is 4.00. The standard InChI is InChI=1S/C13H13N5S/c1-9-4-16-18(5-9)10-6-17(7-10)13-12-11(2-3-19-12)14-8-15-13/h2-5,8,10H,6-7H2,1H3. The molecule has 1 saturated heterocycles. The predicted molar refractivity (Wildman–Crippen MR) is 75.6 cm³/mol. The van der Waals surface area contributed by atoms with E-state index in [4.69, 9.17) is 0 Å². The first-order valence-corrected chi connectivity index (χ1v) is 7.13. The Morgan fingerprint density at radius 1 is 1.32 bits per heavy atom. The van der Waals surface area contributed by atoms with Crippen molar-refractivity contribution in [1.82, 2.24) is 19.7 Å².